The molecule has 0 nitrogen and oxygen atoms in total. The van der Waals surface area contributed by atoms with Crippen molar-refractivity contribution in [1.82, 2.24) is 0 Å². The maximum absolute atomic E-state index is 2.99. The zero-order valence-electron chi connectivity index (χ0n) is 9.32. The Morgan fingerprint density at radius 2 is 0.875 bits per heavy atom. The molecule has 0 fully saturated rings. The van der Waals surface area contributed by atoms with Crippen LogP contribution in [0.4, 0.5) is 0 Å². The third-order valence-electron chi connectivity index (χ3n) is 1.76. The zero-order valence-corrected chi connectivity index (χ0v) is 12.5. The number of hydrogen-bond acceptors (Lipinski definition) is 0. The van der Waals surface area contributed by atoms with E-state index in [-0.39, 0.29) is 41.7 Å². The van der Waals surface area contributed by atoms with Crippen molar-refractivity contribution in [1.29, 1.82) is 0 Å². The van der Waals surface area contributed by atoms with E-state index in [4.69, 9.17) is 0 Å². The molecule has 3 rings (SSSR count). The molecule has 0 aromatic rings. The molecule has 16 heavy (non-hydrogen) atoms. The van der Waals surface area contributed by atoms with Gasteiger partial charge in [0.25, 0.3) is 0 Å². The SMILES string of the molecule is [C-]1=CC=CC1.[C-]1=CC=CC1.[C-]1=CC=CC1.[Ce+3]. The van der Waals surface area contributed by atoms with Crippen molar-refractivity contribution in [3.05, 3.63) is 72.9 Å². The smallest absolute Gasteiger partial charge is 0.273 e. The molecule has 0 aromatic carbocycles. The Bertz CT molecular complexity index is 232. The van der Waals surface area contributed by atoms with Crippen LogP contribution in [0.15, 0.2) is 54.7 Å². The Morgan fingerprint density at radius 3 is 0.938 bits per heavy atom. The van der Waals surface area contributed by atoms with Gasteiger partial charge in [0, 0.05) is 0 Å². The summed E-state index contributed by atoms with van der Waals surface area (Å²) in [7, 11) is 0. The van der Waals surface area contributed by atoms with Gasteiger partial charge in [0.15, 0.2) is 0 Å². The van der Waals surface area contributed by atoms with Gasteiger partial charge in [0.1, 0.15) is 0 Å². The monoisotopic (exact) mass is 335 g/mol. The largest absolute Gasteiger partial charge is 3.00 e. The molecule has 3 aliphatic rings. The van der Waals surface area contributed by atoms with Crippen molar-refractivity contribution in [2.45, 2.75) is 19.3 Å². The molecule has 0 N–H and O–H groups in total. The maximum Gasteiger partial charge on any atom is 3.00 e. The molecule has 0 aliphatic heterocycles. The summed E-state index contributed by atoms with van der Waals surface area (Å²) < 4.78 is 0. The molecule has 0 aromatic heterocycles. The van der Waals surface area contributed by atoms with Crippen LogP contribution in [-0.2, 0) is 0 Å². The summed E-state index contributed by atoms with van der Waals surface area (Å²) in [6.45, 7) is 0. The summed E-state index contributed by atoms with van der Waals surface area (Å²) in [6.07, 6.45) is 30.0. The van der Waals surface area contributed by atoms with E-state index in [9.17, 15) is 0 Å². The molecule has 0 saturated heterocycles. The fourth-order valence-electron chi connectivity index (χ4n) is 1.02. The first-order valence-electron chi connectivity index (χ1n) is 5.15. The minimum absolute atomic E-state index is 0. The maximum atomic E-state index is 2.99. The van der Waals surface area contributed by atoms with Gasteiger partial charge in [-0.2, -0.15) is 18.2 Å². The van der Waals surface area contributed by atoms with Gasteiger partial charge in [-0.25, -0.2) is 36.5 Å². The van der Waals surface area contributed by atoms with E-state index in [0.29, 0.717) is 0 Å². The second-order valence-corrected chi connectivity index (χ2v) is 3.01. The van der Waals surface area contributed by atoms with Crippen molar-refractivity contribution in [3.8, 4) is 0 Å². The van der Waals surface area contributed by atoms with Crippen LogP contribution in [-0.4, -0.2) is 0 Å². The Balaban J connectivity index is 0.000000205. The van der Waals surface area contributed by atoms with Gasteiger partial charge in [-0.05, 0) is 0 Å². The summed E-state index contributed by atoms with van der Waals surface area (Å²) in [5.41, 5.74) is 0. The third kappa shape index (κ3) is 10.3. The van der Waals surface area contributed by atoms with Gasteiger partial charge in [-0.15, -0.1) is 19.3 Å². The van der Waals surface area contributed by atoms with Gasteiger partial charge in [0.05, 0.1) is 0 Å². The molecule has 79 valence electrons. The normalized spacial score (nSPS) is 16.5. The van der Waals surface area contributed by atoms with Gasteiger partial charge in [-0.1, -0.05) is 0 Å². The summed E-state index contributed by atoms with van der Waals surface area (Å²) in [6, 6.07) is 0. The molecule has 3 aliphatic carbocycles. The molecule has 1 radical (unpaired) electrons. The van der Waals surface area contributed by atoms with E-state index >= 15 is 0 Å². The van der Waals surface area contributed by atoms with E-state index < -0.39 is 0 Å². The summed E-state index contributed by atoms with van der Waals surface area (Å²) in [4.78, 5) is 0. The van der Waals surface area contributed by atoms with E-state index in [0.717, 1.165) is 19.3 Å². The van der Waals surface area contributed by atoms with Gasteiger partial charge < -0.3 is 0 Å². The van der Waals surface area contributed by atoms with E-state index in [2.05, 4.69) is 36.5 Å². The molecule has 0 bridgehead atoms. The molecule has 1 heteroatoms. The zero-order chi connectivity index (χ0) is 10.6. The average molecular weight is 335 g/mol. The topological polar surface area (TPSA) is 0 Å². The Kier molecular flexibility index (Phi) is 12.7. The van der Waals surface area contributed by atoms with Crippen molar-refractivity contribution >= 4 is 0 Å². The minimum Gasteiger partial charge on any atom is -0.273 e. The van der Waals surface area contributed by atoms with Crippen LogP contribution in [0.5, 0.6) is 0 Å². The van der Waals surface area contributed by atoms with Crippen LogP contribution < -0.4 is 0 Å². The molecule has 0 spiro atoms. The second-order valence-electron chi connectivity index (χ2n) is 3.01. The van der Waals surface area contributed by atoms with Crippen LogP contribution in [0.3, 0.4) is 0 Å². The van der Waals surface area contributed by atoms with Gasteiger partial charge in [0.2, 0.25) is 0 Å². The van der Waals surface area contributed by atoms with Crippen LogP contribution in [0.2, 0.25) is 0 Å². The molecular formula is C15H15Ce. The summed E-state index contributed by atoms with van der Waals surface area (Å²) in [5.74, 6) is 0. The van der Waals surface area contributed by atoms with E-state index in [1.54, 1.807) is 0 Å². The molecule has 0 unspecified atom stereocenters. The predicted octanol–water partition coefficient (Wildman–Crippen LogP) is 3.92. The Morgan fingerprint density at radius 1 is 0.562 bits per heavy atom. The molecule has 0 atom stereocenters. The van der Waals surface area contributed by atoms with Gasteiger partial charge >= 0.3 is 41.7 Å². The quantitative estimate of drug-likeness (QED) is 0.589. The number of allylic oxidation sites excluding steroid dienone is 12. The molecule has 0 amide bonds. The standard InChI is InChI=1S/3C5H5.Ce/c3*1-2-4-5-3-1;/h3*1-3H,4H2;/q3*-1;+3. The van der Waals surface area contributed by atoms with Crippen molar-refractivity contribution in [2.75, 3.05) is 0 Å². The second kappa shape index (κ2) is 12.9. The van der Waals surface area contributed by atoms with Gasteiger partial charge in [-0.3, -0.25) is 18.2 Å². The fourth-order valence-corrected chi connectivity index (χ4v) is 1.02. The minimum atomic E-state index is 0. The first kappa shape index (κ1) is 15.8. The average Bonchev–Trinajstić information content (AvgIpc) is 3.09. The van der Waals surface area contributed by atoms with Crippen LogP contribution >= 0.6 is 0 Å². The van der Waals surface area contributed by atoms with Crippen LogP contribution in [0.25, 0.3) is 0 Å². The van der Waals surface area contributed by atoms with Crippen molar-refractivity contribution in [3.63, 3.8) is 0 Å². The summed E-state index contributed by atoms with van der Waals surface area (Å²) in [5, 5.41) is 0. The fraction of sp³-hybridized carbons (Fsp3) is 0.200. The first-order chi connectivity index (χ1) is 7.50. The Hall–Kier alpha value is -0.183. The molecule has 0 heterocycles. The summed E-state index contributed by atoms with van der Waals surface area (Å²) >= 11 is 0. The van der Waals surface area contributed by atoms with Crippen molar-refractivity contribution in [2.24, 2.45) is 0 Å². The first-order valence-corrected chi connectivity index (χ1v) is 5.15. The van der Waals surface area contributed by atoms with Crippen LogP contribution in [0.1, 0.15) is 19.3 Å². The number of hydrogen-bond donors (Lipinski definition) is 0. The number of rotatable bonds is 0. The van der Waals surface area contributed by atoms with E-state index in [1.165, 1.54) is 0 Å². The molecular weight excluding hydrogens is 320 g/mol. The Labute approximate surface area is 133 Å². The third-order valence-corrected chi connectivity index (χ3v) is 1.76. The molecule has 0 saturated carbocycles. The van der Waals surface area contributed by atoms with E-state index in [1.807, 2.05) is 36.5 Å². The predicted molar refractivity (Wildman–Crippen MR) is 64.7 cm³/mol. The van der Waals surface area contributed by atoms with Crippen molar-refractivity contribution < 1.29 is 41.7 Å². The van der Waals surface area contributed by atoms with Crippen LogP contribution in [0, 0.1) is 60.0 Å².